The van der Waals surface area contributed by atoms with Gasteiger partial charge in [-0.3, -0.25) is 4.79 Å². The zero-order chi connectivity index (χ0) is 15.1. The summed E-state index contributed by atoms with van der Waals surface area (Å²) in [7, 11) is 3.91. The summed E-state index contributed by atoms with van der Waals surface area (Å²) < 4.78 is 0. The van der Waals surface area contributed by atoms with E-state index in [9.17, 15) is 4.79 Å². The summed E-state index contributed by atoms with van der Waals surface area (Å²) in [6, 6.07) is 6.36. The fourth-order valence-corrected chi connectivity index (χ4v) is 2.56. The molecule has 0 aromatic heterocycles. The van der Waals surface area contributed by atoms with Crippen LogP contribution in [0.1, 0.15) is 39.3 Å². The highest BCUT2D eigenvalue weighted by Gasteiger charge is 2.30. The van der Waals surface area contributed by atoms with Crippen molar-refractivity contribution in [2.75, 3.05) is 24.3 Å². The smallest absolute Gasteiger partial charge is 0.246 e. The van der Waals surface area contributed by atoms with Crippen LogP contribution >= 0.6 is 0 Å². The second-order valence-corrected chi connectivity index (χ2v) is 6.64. The van der Waals surface area contributed by atoms with Gasteiger partial charge in [-0.2, -0.15) is 0 Å². The number of carbonyl (C=O) groups is 1. The van der Waals surface area contributed by atoms with E-state index in [2.05, 4.69) is 62.4 Å². The molecule has 1 aliphatic rings. The number of rotatable bonds is 3. The Morgan fingerprint density at radius 1 is 1.35 bits per heavy atom. The fraction of sp³-hybridized carbons (Fsp3) is 0.562. The molecule has 1 heterocycles. The molecule has 2 atom stereocenters. The molecule has 1 aromatic rings. The molecule has 1 aromatic carbocycles. The van der Waals surface area contributed by atoms with E-state index in [-0.39, 0.29) is 17.4 Å². The third-order valence-corrected chi connectivity index (χ3v) is 4.40. The van der Waals surface area contributed by atoms with E-state index >= 15 is 0 Å². The standard InChI is InChI=1S/C16H25N3O/c1-10(16(2,3)4)19(6)11-7-8-12-13(9-11)18-15(20)14(12)17-5/h7-10,14,17H,1-6H3,(H,18,20). The Morgan fingerprint density at radius 3 is 2.55 bits per heavy atom. The van der Waals surface area contributed by atoms with Gasteiger partial charge < -0.3 is 15.5 Å². The molecule has 1 aliphatic heterocycles. The van der Waals surface area contributed by atoms with Crippen molar-refractivity contribution < 1.29 is 4.79 Å². The van der Waals surface area contributed by atoms with Gasteiger partial charge in [-0.05, 0) is 31.5 Å². The number of benzene rings is 1. The Bertz CT molecular complexity index is 519. The van der Waals surface area contributed by atoms with E-state index in [1.807, 2.05) is 6.07 Å². The van der Waals surface area contributed by atoms with Gasteiger partial charge in [0.25, 0.3) is 0 Å². The van der Waals surface area contributed by atoms with Crippen LogP contribution in [0.4, 0.5) is 11.4 Å². The third-order valence-electron chi connectivity index (χ3n) is 4.40. The fourth-order valence-electron chi connectivity index (χ4n) is 2.56. The van der Waals surface area contributed by atoms with Crippen LogP contribution in [0.5, 0.6) is 0 Å². The number of fused-ring (bicyclic) bond motifs is 1. The molecule has 0 bridgehead atoms. The molecule has 0 fully saturated rings. The van der Waals surface area contributed by atoms with Gasteiger partial charge in [-0.25, -0.2) is 0 Å². The van der Waals surface area contributed by atoms with Crippen molar-refractivity contribution in [2.45, 2.75) is 39.8 Å². The van der Waals surface area contributed by atoms with Gasteiger partial charge in [0.1, 0.15) is 6.04 Å². The number of likely N-dealkylation sites (N-methyl/N-ethyl adjacent to an activating group) is 1. The molecule has 2 unspecified atom stereocenters. The van der Waals surface area contributed by atoms with E-state index in [0.29, 0.717) is 6.04 Å². The summed E-state index contributed by atoms with van der Waals surface area (Å²) in [5, 5.41) is 5.98. The van der Waals surface area contributed by atoms with Gasteiger partial charge in [0.05, 0.1) is 0 Å². The lowest BCUT2D eigenvalue weighted by Crippen LogP contribution is -2.39. The van der Waals surface area contributed by atoms with E-state index in [4.69, 9.17) is 0 Å². The number of nitrogens with zero attached hydrogens (tertiary/aromatic N) is 1. The number of carbonyl (C=O) groups excluding carboxylic acids is 1. The minimum absolute atomic E-state index is 0.0196. The maximum absolute atomic E-state index is 11.8. The summed E-state index contributed by atoms with van der Waals surface area (Å²) in [5.41, 5.74) is 3.27. The van der Waals surface area contributed by atoms with Crippen molar-refractivity contribution in [1.82, 2.24) is 5.32 Å². The molecule has 4 nitrogen and oxygen atoms in total. The van der Waals surface area contributed by atoms with Gasteiger partial charge in [0.15, 0.2) is 0 Å². The highest BCUT2D eigenvalue weighted by molar-refractivity contribution is 6.03. The van der Waals surface area contributed by atoms with Crippen LogP contribution in [0, 0.1) is 5.41 Å². The highest BCUT2D eigenvalue weighted by Crippen LogP contribution is 2.35. The molecule has 4 heteroatoms. The van der Waals surface area contributed by atoms with E-state index in [0.717, 1.165) is 16.9 Å². The second kappa shape index (κ2) is 5.09. The lowest BCUT2D eigenvalue weighted by molar-refractivity contribution is -0.117. The van der Waals surface area contributed by atoms with Gasteiger partial charge in [0.2, 0.25) is 5.91 Å². The first kappa shape index (κ1) is 14.9. The molecule has 20 heavy (non-hydrogen) atoms. The summed E-state index contributed by atoms with van der Waals surface area (Å²) in [6.45, 7) is 8.93. The Morgan fingerprint density at radius 2 is 2.00 bits per heavy atom. The zero-order valence-electron chi connectivity index (χ0n) is 13.2. The van der Waals surface area contributed by atoms with Gasteiger partial charge in [0, 0.05) is 30.0 Å². The van der Waals surface area contributed by atoms with Crippen molar-refractivity contribution >= 4 is 17.3 Å². The third kappa shape index (κ3) is 2.52. The van der Waals surface area contributed by atoms with E-state index < -0.39 is 0 Å². The normalized spacial score (nSPS) is 19.5. The molecule has 0 aliphatic carbocycles. The average Bonchev–Trinajstić information content (AvgIpc) is 2.69. The topological polar surface area (TPSA) is 44.4 Å². The molecule has 2 N–H and O–H groups in total. The van der Waals surface area contributed by atoms with Gasteiger partial charge in [-0.15, -0.1) is 0 Å². The SMILES string of the molecule is CNC1C(=O)Nc2cc(N(C)C(C)C(C)(C)C)ccc21. The first-order valence-corrected chi connectivity index (χ1v) is 7.10. The Labute approximate surface area is 121 Å². The first-order valence-electron chi connectivity index (χ1n) is 7.10. The number of nitrogens with one attached hydrogen (secondary N) is 2. The molecule has 0 saturated carbocycles. The largest absolute Gasteiger partial charge is 0.371 e. The lowest BCUT2D eigenvalue weighted by Gasteiger charge is -2.37. The van der Waals surface area contributed by atoms with Gasteiger partial charge >= 0.3 is 0 Å². The predicted molar refractivity (Wildman–Crippen MR) is 84.2 cm³/mol. The summed E-state index contributed by atoms with van der Waals surface area (Å²) in [6.07, 6.45) is 0. The van der Waals surface area contributed by atoms with E-state index in [1.165, 1.54) is 0 Å². The molecular weight excluding hydrogens is 250 g/mol. The Balaban J connectivity index is 2.30. The van der Waals surface area contributed by atoms with Gasteiger partial charge in [-0.1, -0.05) is 26.8 Å². The molecule has 110 valence electrons. The molecule has 0 spiro atoms. The van der Waals surface area contributed by atoms with E-state index in [1.54, 1.807) is 7.05 Å². The van der Waals surface area contributed by atoms with Crippen molar-refractivity contribution in [2.24, 2.45) is 5.41 Å². The van der Waals surface area contributed by atoms with Crippen molar-refractivity contribution in [1.29, 1.82) is 0 Å². The van der Waals surface area contributed by atoms with Crippen LogP contribution < -0.4 is 15.5 Å². The quantitative estimate of drug-likeness (QED) is 0.891. The minimum atomic E-state index is -0.232. The maximum atomic E-state index is 11.8. The van der Waals surface area contributed by atoms with Crippen LogP contribution in [0.3, 0.4) is 0 Å². The van der Waals surface area contributed by atoms with Crippen LogP contribution in [-0.2, 0) is 4.79 Å². The number of anilines is 2. The molecule has 0 radical (unpaired) electrons. The second-order valence-electron chi connectivity index (χ2n) is 6.64. The Hall–Kier alpha value is -1.55. The number of hydrogen-bond acceptors (Lipinski definition) is 3. The summed E-state index contributed by atoms with van der Waals surface area (Å²) in [4.78, 5) is 14.1. The van der Waals surface area contributed by atoms with Crippen molar-refractivity contribution in [3.63, 3.8) is 0 Å². The molecule has 0 saturated heterocycles. The maximum Gasteiger partial charge on any atom is 0.246 e. The average molecular weight is 275 g/mol. The molecule has 1 amide bonds. The van der Waals surface area contributed by atoms with Crippen LogP contribution in [-0.4, -0.2) is 26.0 Å². The number of amides is 1. The highest BCUT2D eigenvalue weighted by atomic mass is 16.2. The monoisotopic (exact) mass is 275 g/mol. The summed E-state index contributed by atoms with van der Waals surface area (Å²) in [5.74, 6) is 0.0196. The number of hydrogen-bond donors (Lipinski definition) is 2. The van der Waals surface area contributed by atoms with Crippen molar-refractivity contribution in [3.8, 4) is 0 Å². The first-order chi connectivity index (χ1) is 9.25. The lowest BCUT2D eigenvalue weighted by atomic mass is 9.87. The summed E-state index contributed by atoms with van der Waals surface area (Å²) >= 11 is 0. The Kier molecular flexibility index (Phi) is 3.78. The predicted octanol–water partition coefficient (Wildman–Crippen LogP) is 2.77. The zero-order valence-corrected chi connectivity index (χ0v) is 13.2. The molecular formula is C16H25N3O. The molecule has 2 rings (SSSR count). The van der Waals surface area contributed by atoms with Crippen LogP contribution in [0.15, 0.2) is 18.2 Å². The van der Waals surface area contributed by atoms with Crippen molar-refractivity contribution in [3.05, 3.63) is 23.8 Å². The van der Waals surface area contributed by atoms with Crippen LogP contribution in [0.2, 0.25) is 0 Å². The minimum Gasteiger partial charge on any atom is -0.371 e. The van der Waals surface area contributed by atoms with Crippen LogP contribution in [0.25, 0.3) is 0 Å².